The van der Waals surface area contributed by atoms with Crippen LogP contribution in [0.2, 0.25) is 0 Å². The van der Waals surface area contributed by atoms with Crippen LogP contribution >= 0.6 is 7.82 Å². The highest BCUT2D eigenvalue weighted by Crippen LogP contribution is 2.43. The summed E-state index contributed by atoms with van der Waals surface area (Å²) in [7, 11) is -4.75. The maximum Gasteiger partial charge on any atom is 0.472 e. The number of ether oxygens (including phenoxy) is 3. The van der Waals surface area contributed by atoms with Gasteiger partial charge in [0, 0.05) is 19.3 Å². The zero-order valence-corrected chi connectivity index (χ0v) is 47.3. The van der Waals surface area contributed by atoms with Crippen molar-refractivity contribution < 1.29 is 52.2 Å². The molecule has 0 amide bonds. The highest BCUT2D eigenvalue weighted by atomic mass is 31.2. The van der Waals surface area contributed by atoms with Gasteiger partial charge in [-0.25, -0.2) is 4.57 Å². The lowest BCUT2D eigenvalue weighted by Gasteiger charge is -2.21. The number of aliphatic hydroxyl groups is 1. The number of rotatable bonds is 55. The Balaban J connectivity index is 4.72. The number of phosphoric acid groups is 1. The molecular weight excluding hydrogens is 928 g/mol. The first-order chi connectivity index (χ1) is 35.2. The van der Waals surface area contributed by atoms with E-state index in [1.54, 1.807) is 0 Å². The van der Waals surface area contributed by atoms with Crippen LogP contribution < -0.4 is 0 Å². The Morgan fingerprint density at radius 2 is 0.694 bits per heavy atom. The lowest BCUT2D eigenvalue weighted by molar-refractivity contribution is -0.161. The minimum Gasteiger partial charge on any atom is -0.462 e. The monoisotopic (exact) mass is 1040 g/mol. The van der Waals surface area contributed by atoms with E-state index in [2.05, 4.69) is 69.4 Å². The molecule has 0 heterocycles. The van der Waals surface area contributed by atoms with Gasteiger partial charge in [-0.3, -0.25) is 23.4 Å². The van der Waals surface area contributed by atoms with E-state index in [1.807, 2.05) is 0 Å². The summed E-state index contributed by atoms with van der Waals surface area (Å²) in [6, 6.07) is 0. The molecule has 0 saturated carbocycles. The third-order valence-electron chi connectivity index (χ3n) is 12.7. The van der Waals surface area contributed by atoms with Crippen LogP contribution in [-0.4, -0.2) is 66.5 Å². The molecule has 0 aliphatic rings. The van der Waals surface area contributed by atoms with Crippen molar-refractivity contribution in [3.05, 3.63) is 48.6 Å². The van der Waals surface area contributed by atoms with Crippen molar-refractivity contribution in [3.63, 3.8) is 0 Å². The minimum atomic E-state index is -4.75. The fraction of sp³-hybridized carbons (Fsp3) is 0.817. The van der Waals surface area contributed by atoms with Gasteiger partial charge < -0.3 is 24.2 Å². The molecule has 11 nitrogen and oxygen atoms in total. The van der Waals surface area contributed by atoms with Crippen molar-refractivity contribution in [1.29, 1.82) is 0 Å². The molecule has 3 unspecified atom stereocenters. The average molecular weight is 1040 g/mol. The Labute approximate surface area is 441 Å². The van der Waals surface area contributed by atoms with E-state index in [4.69, 9.17) is 23.3 Å². The van der Waals surface area contributed by atoms with Crippen LogP contribution in [0, 0.1) is 0 Å². The summed E-state index contributed by atoms with van der Waals surface area (Å²) in [5, 5.41) is 9.79. The second kappa shape index (κ2) is 54.7. The zero-order chi connectivity index (χ0) is 52.7. The highest BCUT2D eigenvalue weighted by Gasteiger charge is 2.28. The van der Waals surface area contributed by atoms with Crippen LogP contribution in [0.4, 0.5) is 0 Å². The van der Waals surface area contributed by atoms with Crippen LogP contribution in [0.3, 0.4) is 0 Å². The van der Waals surface area contributed by atoms with Crippen molar-refractivity contribution in [2.75, 3.05) is 26.4 Å². The summed E-state index contributed by atoms with van der Waals surface area (Å²) in [5.74, 6) is -1.47. The summed E-state index contributed by atoms with van der Waals surface area (Å²) in [4.78, 5) is 48.5. The maximum absolute atomic E-state index is 12.9. The number of hydrogen-bond donors (Lipinski definition) is 2. The number of carbonyl (C=O) groups excluding carboxylic acids is 3. The minimum absolute atomic E-state index is 0.167. The molecule has 12 heteroatoms. The SMILES string of the molecule is CCCC/C=C\CCCCCCCC(=O)OC(CO)COP(=O)(O)OCC(COC(=O)CCCCCCCC/C=C\C/C=C\C/C=C\CCCCC)OC(=O)CCCCCCCCCCCCCCCCC. The quantitative estimate of drug-likeness (QED) is 0.0197. The molecule has 0 spiro atoms. The zero-order valence-electron chi connectivity index (χ0n) is 46.4. The summed E-state index contributed by atoms with van der Waals surface area (Å²) < 4.78 is 39.5. The van der Waals surface area contributed by atoms with Gasteiger partial charge in [-0.1, -0.05) is 230 Å². The molecule has 420 valence electrons. The Morgan fingerprint density at radius 3 is 1.12 bits per heavy atom. The van der Waals surface area contributed by atoms with Crippen molar-refractivity contribution in [1.82, 2.24) is 0 Å². The van der Waals surface area contributed by atoms with Gasteiger partial charge in [-0.15, -0.1) is 0 Å². The molecule has 0 aromatic heterocycles. The van der Waals surface area contributed by atoms with E-state index in [-0.39, 0.29) is 25.9 Å². The van der Waals surface area contributed by atoms with Gasteiger partial charge in [-0.05, 0) is 77.0 Å². The van der Waals surface area contributed by atoms with E-state index in [9.17, 15) is 28.9 Å². The molecule has 0 aliphatic carbocycles. The van der Waals surface area contributed by atoms with Crippen LogP contribution in [0.5, 0.6) is 0 Å². The van der Waals surface area contributed by atoms with Crippen LogP contribution in [0.1, 0.15) is 278 Å². The Bertz CT molecular complexity index is 1400. The van der Waals surface area contributed by atoms with Crippen LogP contribution in [0.15, 0.2) is 48.6 Å². The van der Waals surface area contributed by atoms with Gasteiger partial charge in [0.15, 0.2) is 6.10 Å². The van der Waals surface area contributed by atoms with Gasteiger partial charge in [0.25, 0.3) is 0 Å². The second-order valence-corrected chi connectivity index (χ2v) is 21.3. The van der Waals surface area contributed by atoms with E-state index in [1.165, 1.54) is 109 Å². The summed E-state index contributed by atoms with van der Waals surface area (Å²) in [6.45, 7) is 4.58. The lowest BCUT2D eigenvalue weighted by atomic mass is 10.0. The number of esters is 3. The number of hydrogen-bond acceptors (Lipinski definition) is 10. The van der Waals surface area contributed by atoms with Gasteiger partial charge in [0.2, 0.25) is 0 Å². The third-order valence-corrected chi connectivity index (χ3v) is 13.7. The fourth-order valence-corrected chi connectivity index (χ4v) is 8.95. The third kappa shape index (κ3) is 52.3. The Morgan fingerprint density at radius 1 is 0.389 bits per heavy atom. The molecule has 0 fully saturated rings. The average Bonchev–Trinajstić information content (AvgIpc) is 3.37. The molecule has 3 atom stereocenters. The summed E-state index contributed by atoms with van der Waals surface area (Å²) >= 11 is 0. The van der Waals surface area contributed by atoms with E-state index in [0.717, 1.165) is 109 Å². The standard InChI is InChI=1S/C60H109O11P/c1-4-7-10-13-16-19-22-24-26-27-28-29-31-32-35-37-40-43-46-49-58(62)67-53-57(71-60(64)51-48-45-42-39-36-33-30-25-23-20-17-14-11-8-5-2)55-69-72(65,66)68-54-56(52-61)70-59(63)50-47-44-41-38-34-21-18-15-12-9-6-3/h15-16,18-19,24,26,28-29,56-57,61H,4-14,17,20-23,25,27,30-55H2,1-3H3,(H,65,66)/b18-15-,19-16-,26-24-,29-28-. The molecule has 0 aromatic rings. The molecule has 0 aliphatic heterocycles. The van der Waals surface area contributed by atoms with Crippen molar-refractivity contribution in [2.24, 2.45) is 0 Å². The van der Waals surface area contributed by atoms with Crippen molar-refractivity contribution >= 4 is 25.7 Å². The first-order valence-electron chi connectivity index (χ1n) is 29.5. The normalized spacial score (nSPS) is 13.7. The second-order valence-electron chi connectivity index (χ2n) is 19.8. The largest absolute Gasteiger partial charge is 0.472 e. The summed E-state index contributed by atoms with van der Waals surface area (Å²) in [5.41, 5.74) is 0. The predicted octanol–water partition coefficient (Wildman–Crippen LogP) is 17.4. The van der Waals surface area contributed by atoms with Crippen LogP contribution in [-0.2, 0) is 42.2 Å². The molecule has 72 heavy (non-hydrogen) atoms. The number of unbranched alkanes of at least 4 members (excludes halogenated alkanes) is 30. The molecule has 2 N–H and O–H groups in total. The predicted molar refractivity (Wildman–Crippen MR) is 298 cm³/mol. The molecule has 0 rings (SSSR count). The molecule has 0 bridgehead atoms. The molecule has 0 aromatic carbocycles. The van der Waals surface area contributed by atoms with Crippen molar-refractivity contribution in [2.45, 2.75) is 290 Å². The number of phosphoric ester groups is 1. The Hall–Kier alpha value is -2.56. The van der Waals surface area contributed by atoms with Crippen LogP contribution in [0.25, 0.3) is 0 Å². The molecule has 0 saturated heterocycles. The van der Waals surface area contributed by atoms with E-state index >= 15 is 0 Å². The molecule has 0 radical (unpaired) electrons. The highest BCUT2D eigenvalue weighted by molar-refractivity contribution is 7.47. The maximum atomic E-state index is 12.9. The number of allylic oxidation sites excluding steroid dienone is 8. The van der Waals surface area contributed by atoms with Crippen molar-refractivity contribution in [3.8, 4) is 0 Å². The van der Waals surface area contributed by atoms with Gasteiger partial charge in [0.05, 0.1) is 19.8 Å². The topological polar surface area (TPSA) is 155 Å². The Kier molecular flexibility index (Phi) is 52.7. The van der Waals surface area contributed by atoms with E-state index < -0.39 is 57.8 Å². The molecular formula is C60H109O11P. The summed E-state index contributed by atoms with van der Waals surface area (Å²) in [6.07, 6.45) is 57.8. The fourth-order valence-electron chi connectivity index (χ4n) is 8.17. The van der Waals surface area contributed by atoms with Gasteiger partial charge >= 0.3 is 25.7 Å². The van der Waals surface area contributed by atoms with Gasteiger partial charge in [-0.2, -0.15) is 0 Å². The number of aliphatic hydroxyl groups excluding tert-OH is 1. The van der Waals surface area contributed by atoms with Gasteiger partial charge in [0.1, 0.15) is 12.7 Å². The smallest absolute Gasteiger partial charge is 0.462 e. The number of carbonyl (C=O) groups is 3. The van der Waals surface area contributed by atoms with E-state index in [0.29, 0.717) is 19.3 Å². The first-order valence-corrected chi connectivity index (χ1v) is 31.0. The first kappa shape index (κ1) is 69.4. The lowest BCUT2D eigenvalue weighted by Crippen LogP contribution is -2.30.